The average molecular weight is 392 g/mol. The van der Waals surface area contributed by atoms with Crippen LogP contribution in [0.5, 0.6) is 5.88 Å². The smallest absolute Gasteiger partial charge is 0.223 e. The summed E-state index contributed by atoms with van der Waals surface area (Å²) >= 11 is 0. The van der Waals surface area contributed by atoms with Crippen LogP contribution < -0.4 is 9.64 Å². The van der Waals surface area contributed by atoms with Gasteiger partial charge in [0.05, 0.1) is 17.4 Å². The van der Waals surface area contributed by atoms with Crippen LogP contribution in [-0.4, -0.2) is 63.0 Å². The molecule has 2 fully saturated rings. The topological polar surface area (TPSA) is 59.3 Å². The van der Waals surface area contributed by atoms with E-state index in [0.29, 0.717) is 31.6 Å². The van der Waals surface area contributed by atoms with Crippen LogP contribution in [0.4, 0.5) is 10.2 Å². The summed E-state index contributed by atoms with van der Waals surface area (Å²) in [5.41, 5.74) is 3.78. The van der Waals surface area contributed by atoms with Crippen molar-refractivity contribution in [3.05, 3.63) is 48.4 Å². The maximum Gasteiger partial charge on any atom is 0.223 e. The molecule has 0 bridgehead atoms. The quantitative estimate of drug-likeness (QED) is 0.683. The van der Waals surface area contributed by atoms with E-state index in [4.69, 9.17) is 9.84 Å². The Hall–Kier alpha value is -3.00. The molecule has 3 aliphatic rings. The Morgan fingerprint density at radius 3 is 2.86 bits per heavy atom. The third kappa shape index (κ3) is 2.86. The highest BCUT2D eigenvalue weighted by molar-refractivity contribution is 5.69. The summed E-state index contributed by atoms with van der Waals surface area (Å²) in [6.45, 7) is 3.50. The molecular formula is C21H21FN6O. The fourth-order valence-corrected chi connectivity index (χ4v) is 4.41. The van der Waals surface area contributed by atoms with Crippen molar-refractivity contribution < 1.29 is 9.13 Å². The molecular weight excluding hydrogens is 371 g/mol. The van der Waals surface area contributed by atoms with Crippen molar-refractivity contribution in [1.82, 2.24) is 24.6 Å². The molecule has 2 saturated heterocycles. The summed E-state index contributed by atoms with van der Waals surface area (Å²) in [5, 5.41) is 4.75. The highest BCUT2D eigenvalue weighted by Gasteiger charge is 2.36. The minimum absolute atomic E-state index is 0.440. The number of anilines is 1. The van der Waals surface area contributed by atoms with Gasteiger partial charge in [-0.15, -0.1) is 0 Å². The van der Waals surface area contributed by atoms with E-state index in [9.17, 15) is 4.39 Å². The zero-order valence-electron chi connectivity index (χ0n) is 15.9. The zero-order chi connectivity index (χ0) is 19.4. The number of fused-ring (bicyclic) bond motifs is 3. The third-order valence-electron chi connectivity index (χ3n) is 6.05. The van der Waals surface area contributed by atoms with Crippen LogP contribution in [0, 0.1) is 0 Å². The lowest BCUT2D eigenvalue weighted by molar-refractivity contribution is 0.0347. The minimum Gasteiger partial charge on any atom is -0.472 e. The number of rotatable bonds is 3. The first kappa shape index (κ1) is 16.9. The van der Waals surface area contributed by atoms with Crippen LogP contribution in [0.2, 0.25) is 0 Å². The van der Waals surface area contributed by atoms with Gasteiger partial charge in [0, 0.05) is 50.2 Å². The number of halogens is 1. The third-order valence-corrected chi connectivity index (χ3v) is 6.05. The lowest BCUT2D eigenvalue weighted by Gasteiger charge is -2.39. The van der Waals surface area contributed by atoms with Crippen LogP contribution in [-0.2, 0) is 6.61 Å². The molecule has 7 nitrogen and oxygen atoms in total. The van der Waals surface area contributed by atoms with Gasteiger partial charge in [0.2, 0.25) is 5.88 Å². The van der Waals surface area contributed by atoms with Crippen molar-refractivity contribution >= 4 is 5.82 Å². The fourth-order valence-electron chi connectivity index (χ4n) is 4.41. The predicted octanol–water partition coefficient (Wildman–Crippen LogP) is 2.45. The van der Waals surface area contributed by atoms with Crippen molar-refractivity contribution in [2.45, 2.75) is 25.2 Å². The Morgan fingerprint density at radius 2 is 2.03 bits per heavy atom. The van der Waals surface area contributed by atoms with E-state index in [1.807, 2.05) is 41.3 Å². The van der Waals surface area contributed by atoms with Gasteiger partial charge in [-0.3, -0.25) is 4.90 Å². The Morgan fingerprint density at radius 1 is 1.10 bits per heavy atom. The first-order valence-corrected chi connectivity index (χ1v) is 10.0. The molecule has 0 N–H and O–H groups in total. The van der Waals surface area contributed by atoms with E-state index < -0.39 is 6.17 Å². The van der Waals surface area contributed by atoms with Gasteiger partial charge in [0.25, 0.3) is 0 Å². The highest BCUT2D eigenvalue weighted by Crippen LogP contribution is 2.35. The first-order valence-electron chi connectivity index (χ1n) is 10.0. The summed E-state index contributed by atoms with van der Waals surface area (Å²) in [7, 11) is 0. The second kappa shape index (κ2) is 6.52. The fraction of sp³-hybridized carbons (Fsp3) is 0.381. The van der Waals surface area contributed by atoms with Crippen molar-refractivity contribution in [1.29, 1.82) is 0 Å². The standard InChI is InChI=1S/C21H21FN6O/c22-15-10-27(11-15)17-5-7-26(12-17)19-4-3-16(8-24-19)28-9-14-13-29-21-18(20(14)25-28)2-1-6-23-21/h1-4,6,8-9,15,17H,5,7,10-13H2. The van der Waals surface area contributed by atoms with Gasteiger partial charge in [0.1, 0.15) is 24.3 Å². The molecule has 0 aliphatic carbocycles. The summed E-state index contributed by atoms with van der Waals surface area (Å²) in [5.74, 6) is 1.59. The van der Waals surface area contributed by atoms with Gasteiger partial charge in [-0.2, -0.15) is 5.10 Å². The van der Waals surface area contributed by atoms with E-state index in [1.54, 1.807) is 6.20 Å². The Bertz CT molecular complexity index is 1050. The lowest BCUT2D eigenvalue weighted by atomic mass is 10.1. The molecule has 3 aliphatic heterocycles. The molecule has 1 atom stereocenters. The summed E-state index contributed by atoms with van der Waals surface area (Å²) in [6.07, 6.45) is 5.99. The van der Waals surface area contributed by atoms with E-state index in [2.05, 4.69) is 19.8 Å². The molecule has 0 saturated carbocycles. The van der Waals surface area contributed by atoms with Crippen LogP contribution in [0.25, 0.3) is 16.9 Å². The van der Waals surface area contributed by atoms with E-state index in [1.165, 1.54) is 0 Å². The summed E-state index contributed by atoms with van der Waals surface area (Å²) in [4.78, 5) is 13.5. The summed E-state index contributed by atoms with van der Waals surface area (Å²) in [6, 6.07) is 8.39. The van der Waals surface area contributed by atoms with Crippen LogP contribution in [0.3, 0.4) is 0 Å². The van der Waals surface area contributed by atoms with Gasteiger partial charge in [-0.1, -0.05) is 0 Å². The maximum absolute atomic E-state index is 13.1. The second-order valence-electron chi connectivity index (χ2n) is 7.91. The SMILES string of the molecule is FC1CN(C2CCN(c3ccc(-n4cc5c(n4)-c4cccnc4OC5)cn3)C2)C1. The normalized spacial score (nSPS) is 21.4. The molecule has 0 radical (unpaired) electrons. The average Bonchev–Trinajstić information content (AvgIpc) is 3.39. The molecule has 6 heterocycles. The molecule has 3 aromatic rings. The van der Waals surface area contributed by atoms with Crippen molar-refractivity contribution in [3.63, 3.8) is 0 Å². The molecule has 3 aromatic heterocycles. The van der Waals surface area contributed by atoms with Gasteiger partial charge in [-0.05, 0) is 30.7 Å². The lowest BCUT2D eigenvalue weighted by Crippen LogP contribution is -2.54. The molecule has 6 rings (SSSR count). The van der Waals surface area contributed by atoms with Gasteiger partial charge < -0.3 is 9.64 Å². The van der Waals surface area contributed by atoms with Crippen molar-refractivity contribution in [3.8, 4) is 22.8 Å². The van der Waals surface area contributed by atoms with E-state index >= 15 is 0 Å². The monoisotopic (exact) mass is 392 g/mol. The highest BCUT2D eigenvalue weighted by atomic mass is 19.1. The van der Waals surface area contributed by atoms with Crippen molar-refractivity contribution in [2.75, 3.05) is 31.1 Å². The number of ether oxygens (including phenoxy) is 1. The Labute approximate surface area is 167 Å². The Balaban J connectivity index is 1.21. The second-order valence-corrected chi connectivity index (χ2v) is 7.91. The van der Waals surface area contributed by atoms with Crippen molar-refractivity contribution in [2.24, 2.45) is 0 Å². The maximum atomic E-state index is 13.1. The Kier molecular flexibility index (Phi) is 3.80. The molecule has 29 heavy (non-hydrogen) atoms. The molecule has 0 amide bonds. The number of hydrogen-bond donors (Lipinski definition) is 0. The van der Waals surface area contributed by atoms with Crippen LogP contribution >= 0.6 is 0 Å². The molecule has 0 aromatic carbocycles. The minimum atomic E-state index is -0.644. The number of nitrogens with zero attached hydrogens (tertiary/aromatic N) is 6. The number of hydrogen-bond acceptors (Lipinski definition) is 6. The number of likely N-dealkylation sites (tertiary alicyclic amines) is 1. The van der Waals surface area contributed by atoms with Crippen LogP contribution in [0.1, 0.15) is 12.0 Å². The molecule has 1 unspecified atom stereocenters. The number of aromatic nitrogens is 4. The van der Waals surface area contributed by atoms with Gasteiger partial charge in [-0.25, -0.2) is 19.0 Å². The summed E-state index contributed by atoms with van der Waals surface area (Å²) < 4.78 is 20.7. The van der Waals surface area contributed by atoms with E-state index in [0.717, 1.165) is 47.8 Å². The van der Waals surface area contributed by atoms with Crippen LogP contribution in [0.15, 0.2) is 42.9 Å². The zero-order valence-corrected chi connectivity index (χ0v) is 15.9. The largest absolute Gasteiger partial charge is 0.472 e. The predicted molar refractivity (Wildman–Crippen MR) is 106 cm³/mol. The molecule has 148 valence electrons. The number of alkyl halides is 1. The first-order chi connectivity index (χ1) is 14.2. The van der Waals surface area contributed by atoms with E-state index in [-0.39, 0.29) is 0 Å². The van der Waals surface area contributed by atoms with Gasteiger partial charge >= 0.3 is 0 Å². The molecule has 0 spiro atoms. The molecule has 8 heteroatoms. The number of pyridine rings is 2. The van der Waals surface area contributed by atoms with Gasteiger partial charge in [0.15, 0.2) is 0 Å².